The maximum absolute atomic E-state index is 12.7. The van der Waals surface area contributed by atoms with E-state index in [4.69, 9.17) is 4.74 Å². The zero-order valence-corrected chi connectivity index (χ0v) is 16.1. The number of nitrogens with one attached hydrogen (secondary N) is 1. The number of ether oxygens (including phenoxy) is 1. The summed E-state index contributed by atoms with van der Waals surface area (Å²) in [7, 11) is 0. The minimum Gasteiger partial charge on any atom is -0.378 e. The van der Waals surface area contributed by atoms with E-state index in [1.165, 1.54) is 11.3 Å². The van der Waals surface area contributed by atoms with Crippen LogP contribution in [0.3, 0.4) is 0 Å². The number of fused-ring (bicyclic) bond motifs is 2. The lowest BCUT2D eigenvalue weighted by Gasteiger charge is -2.26. The van der Waals surface area contributed by atoms with Crippen molar-refractivity contribution in [1.29, 1.82) is 0 Å². The molecule has 0 spiro atoms. The molecular formula is C20H16N4O4S. The lowest BCUT2D eigenvalue weighted by atomic mass is 10.1. The van der Waals surface area contributed by atoms with Gasteiger partial charge in [0, 0.05) is 18.8 Å². The second-order valence-corrected chi connectivity index (χ2v) is 7.71. The molecule has 1 fully saturated rings. The number of hydrogen-bond donors (Lipinski definition) is 1. The van der Waals surface area contributed by atoms with Crippen molar-refractivity contribution in [3.05, 3.63) is 53.6 Å². The highest BCUT2D eigenvalue weighted by Crippen LogP contribution is 2.35. The first-order valence-corrected chi connectivity index (χ1v) is 9.95. The molecule has 4 amide bonds. The van der Waals surface area contributed by atoms with Crippen LogP contribution < -0.4 is 10.2 Å². The van der Waals surface area contributed by atoms with Gasteiger partial charge < -0.3 is 15.0 Å². The Morgan fingerprint density at radius 3 is 2.41 bits per heavy atom. The smallest absolute Gasteiger partial charge is 0.322 e. The number of amides is 4. The monoisotopic (exact) mass is 408 g/mol. The van der Waals surface area contributed by atoms with Crippen molar-refractivity contribution in [2.45, 2.75) is 0 Å². The summed E-state index contributed by atoms with van der Waals surface area (Å²) in [6.45, 7) is 2.17. The Labute approximate surface area is 169 Å². The van der Waals surface area contributed by atoms with Crippen LogP contribution in [0.15, 0.2) is 42.5 Å². The minimum absolute atomic E-state index is 0.183. The Morgan fingerprint density at radius 1 is 1.03 bits per heavy atom. The Bertz CT molecular complexity index is 1120. The predicted molar refractivity (Wildman–Crippen MR) is 109 cm³/mol. The molecule has 2 aliphatic rings. The van der Waals surface area contributed by atoms with E-state index >= 15 is 0 Å². The van der Waals surface area contributed by atoms with Crippen LogP contribution in [0.2, 0.25) is 0 Å². The van der Waals surface area contributed by atoms with E-state index in [1.807, 2.05) is 0 Å². The number of morpholine rings is 1. The van der Waals surface area contributed by atoms with E-state index in [0.29, 0.717) is 53.8 Å². The second kappa shape index (κ2) is 6.94. The van der Waals surface area contributed by atoms with Crippen molar-refractivity contribution >= 4 is 50.2 Å². The number of hydrogen-bond acceptors (Lipinski definition) is 6. The summed E-state index contributed by atoms with van der Waals surface area (Å²) < 4.78 is 6.04. The van der Waals surface area contributed by atoms with Crippen LogP contribution in [-0.2, 0) is 4.74 Å². The first-order chi connectivity index (χ1) is 14.1. The topological polar surface area (TPSA) is 91.8 Å². The number of anilines is 2. The number of urea groups is 1. The second-order valence-electron chi connectivity index (χ2n) is 6.70. The number of aromatic nitrogens is 1. The molecule has 0 radical (unpaired) electrons. The van der Waals surface area contributed by atoms with Gasteiger partial charge in [0.05, 0.1) is 34.6 Å². The van der Waals surface area contributed by atoms with Crippen LogP contribution in [-0.4, -0.2) is 54.0 Å². The third-order valence-electron chi connectivity index (χ3n) is 4.91. The molecule has 8 nitrogen and oxygen atoms in total. The lowest BCUT2D eigenvalue weighted by molar-refractivity contribution is 0.0564. The molecule has 2 aliphatic heterocycles. The van der Waals surface area contributed by atoms with E-state index < -0.39 is 0 Å². The van der Waals surface area contributed by atoms with Crippen molar-refractivity contribution in [2.24, 2.45) is 0 Å². The third-order valence-corrected chi connectivity index (χ3v) is 5.92. The molecule has 1 aromatic heterocycles. The summed E-state index contributed by atoms with van der Waals surface area (Å²) in [6, 6.07) is 11.9. The quantitative estimate of drug-likeness (QED) is 0.658. The molecule has 1 saturated heterocycles. The van der Waals surface area contributed by atoms with Gasteiger partial charge in [-0.2, -0.15) is 0 Å². The average Bonchev–Trinajstić information content (AvgIpc) is 3.27. The molecule has 3 heterocycles. The summed E-state index contributed by atoms with van der Waals surface area (Å²) in [6.07, 6.45) is 0. The van der Waals surface area contributed by atoms with Gasteiger partial charge in [0.1, 0.15) is 0 Å². The highest BCUT2D eigenvalue weighted by Gasteiger charge is 2.38. The normalized spacial score (nSPS) is 16.4. The van der Waals surface area contributed by atoms with Crippen LogP contribution >= 0.6 is 11.3 Å². The number of thiazole rings is 1. The molecule has 0 atom stereocenters. The zero-order chi connectivity index (χ0) is 20.0. The van der Waals surface area contributed by atoms with E-state index in [-0.39, 0.29) is 17.8 Å². The van der Waals surface area contributed by atoms with Gasteiger partial charge in [-0.3, -0.25) is 9.59 Å². The molecule has 2 aromatic carbocycles. The van der Waals surface area contributed by atoms with Gasteiger partial charge in [-0.25, -0.2) is 14.7 Å². The number of carbonyl (C=O) groups excluding carboxylic acids is 3. The zero-order valence-electron chi connectivity index (χ0n) is 15.3. The fraction of sp³-hybridized carbons (Fsp3) is 0.200. The Balaban J connectivity index is 1.41. The summed E-state index contributed by atoms with van der Waals surface area (Å²) in [5.41, 5.74) is 2.06. The first-order valence-electron chi connectivity index (χ1n) is 9.14. The molecule has 0 bridgehead atoms. The molecule has 5 rings (SSSR count). The molecule has 3 aromatic rings. The number of benzene rings is 2. The van der Waals surface area contributed by atoms with E-state index in [9.17, 15) is 14.4 Å². The van der Waals surface area contributed by atoms with Crippen molar-refractivity contribution in [1.82, 2.24) is 9.88 Å². The van der Waals surface area contributed by atoms with Crippen molar-refractivity contribution in [2.75, 3.05) is 36.5 Å². The Morgan fingerprint density at radius 2 is 1.72 bits per heavy atom. The third kappa shape index (κ3) is 3.04. The van der Waals surface area contributed by atoms with Crippen LogP contribution in [0.4, 0.5) is 15.6 Å². The summed E-state index contributed by atoms with van der Waals surface area (Å²) in [4.78, 5) is 45.0. The lowest BCUT2D eigenvalue weighted by Crippen LogP contribution is -2.43. The van der Waals surface area contributed by atoms with Gasteiger partial charge in [-0.1, -0.05) is 23.5 Å². The van der Waals surface area contributed by atoms with Gasteiger partial charge in [0.2, 0.25) is 5.13 Å². The van der Waals surface area contributed by atoms with Crippen LogP contribution in [0.25, 0.3) is 10.2 Å². The van der Waals surface area contributed by atoms with Gasteiger partial charge in [-0.15, -0.1) is 0 Å². The van der Waals surface area contributed by atoms with E-state index in [0.717, 1.165) is 9.60 Å². The van der Waals surface area contributed by atoms with Crippen LogP contribution in [0, 0.1) is 0 Å². The molecular weight excluding hydrogens is 392 g/mol. The molecule has 29 heavy (non-hydrogen) atoms. The molecule has 0 aliphatic carbocycles. The molecule has 0 unspecified atom stereocenters. The predicted octanol–water partition coefficient (Wildman–Crippen LogP) is 2.96. The van der Waals surface area contributed by atoms with Crippen LogP contribution in [0.1, 0.15) is 20.7 Å². The Hall–Kier alpha value is -3.30. The van der Waals surface area contributed by atoms with E-state index in [2.05, 4.69) is 10.3 Å². The number of carbonyl (C=O) groups is 3. The molecule has 1 N–H and O–H groups in total. The SMILES string of the molecule is O=C(Nc1ccc2nc(N3C(=O)c4ccccc4C3=O)sc2c1)N1CCOCC1. The highest BCUT2D eigenvalue weighted by atomic mass is 32.1. The van der Waals surface area contributed by atoms with Crippen molar-refractivity contribution in [3.63, 3.8) is 0 Å². The summed E-state index contributed by atoms with van der Waals surface area (Å²) >= 11 is 1.24. The van der Waals surface area contributed by atoms with Gasteiger partial charge in [0.25, 0.3) is 11.8 Å². The molecule has 146 valence electrons. The maximum atomic E-state index is 12.7. The standard InChI is InChI=1S/C20H16N4O4S/c25-17-13-3-1-2-4-14(13)18(26)24(17)20-22-15-6-5-12(11-16(15)29-20)21-19(27)23-7-9-28-10-8-23/h1-6,11H,7-10H2,(H,21,27). The fourth-order valence-electron chi connectivity index (χ4n) is 3.42. The fourth-order valence-corrected chi connectivity index (χ4v) is 4.42. The number of nitrogens with zero attached hydrogens (tertiary/aromatic N) is 3. The van der Waals surface area contributed by atoms with Crippen molar-refractivity contribution < 1.29 is 19.1 Å². The minimum atomic E-state index is -0.370. The first kappa shape index (κ1) is 17.8. The van der Waals surface area contributed by atoms with Crippen LogP contribution in [0.5, 0.6) is 0 Å². The summed E-state index contributed by atoms with van der Waals surface area (Å²) in [5, 5.41) is 3.20. The molecule has 9 heteroatoms. The maximum Gasteiger partial charge on any atom is 0.322 e. The molecule has 0 saturated carbocycles. The largest absolute Gasteiger partial charge is 0.378 e. The van der Waals surface area contributed by atoms with Gasteiger partial charge in [-0.05, 0) is 30.3 Å². The Kier molecular flexibility index (Phi) is 4.26. The summed E-state index contributed by atoms with van der Waals surface area (Å²) in [5.74, 6) is -0.740. The highest BCUT2D eigenvalue weighted by molar-refractivity contribution is 7.22. The van der Waals surface area contributed by atoms with E-state index in [1.54, 1.807) is 47.4 Å². The number of imide groups is 1. The van der Waals surface area contributed by atoms with Gasteiger partial charge >= 0.3 is 6.03 Å². The number of rotatable bonds is 2. The average molecular weight is 408 g/mol. The van der Waals surface area contributed by atoms with Gasteiger partial charge in [0.15, 0.2) is 0 Å². The van der Waals surface area contributed by atoms with Crippen molar-refractivity contribution in [3.8, 4) is 0 Å².